The number of rotatable bonds is 5. The average Bonchev–Trinajstić information content (AvgIpc) is 3.21. The standard InChI is InChI=1S/C15H17ClN2O2/c1-18(10-14(19)17-13-7-8-13)15(20)9-4-11-2-5-12(16)6-3-11/h2-6,9,13H,7-8,10H2,1H3,(H,17,19). The number of nitrogens with zero attached hydrogens (tertiary/aromatic N) is 1. The maximum atomic E-state index is 11.9. The third-order valence-corrected chi connectivity index (χ3v) is 3.24. The number of amides is 2. The Labute approximate surface area is 123 Å². The third-order valence-electron chi connectivity index (χ3n) is 2.99. The number of halogens is 1. The van der Waals surface area contributed by atoms with Crippen LogP contribution >= 0.6 is 11.6 Å². The molecule has 1 aliphatic carbocycles. The van der Waals surface area contributed by atoms with Crippen LogP contribution < -0.4 is 5.32 Å². The molecular weight excluding hydrogens is 276 g/mol. The van der Waals surface area contributed by atoms with Crippen LogP contribution in [0.15, 0.2) is 30.3 Å². The average molecular weight is 293 g/mol. The fourth-order valence-corrected chi connectivity index (χ4v) is 1.79. The minimum Gasteiger partial charge on any atom is -0.352 e. The Kier molecular flexibility index (Phi) is 4.79. The molecule has 4 nitrogen and oxygen atoms in total. The largest absolute Gasteiger partial charge is 0.352 e. The van der Waals surface area contributed by atoms with Gasteiger partial charge >= 0.3 is 0 Å². The summed E-state index contributed by atoms with van der Waals surface area (Å²) >= 11 is 5.78. The highest BCUT2D eigenvalue weighted by Crippen LogP contribution is 2.18. The molecule has 0 spiro atoms. The monoisotopic (exact) mass is 292 g/mol. The molecule has 0 atom stereocenters. The van der Waals surface area contributed by atoms with Gasteiger partial charge in [0.2, 0.25) is 11.8 Å². The SMILES string of the molecule is CN(CC(=O)NC1CC1)C(=O)C=Cc1ccc(Cl)cc1. The summed E-state index contributed by atoms with van der Waals surface area (Å²) in [6.45, 7) is 0.0836. The van der Waals surface area contributed by atoms with E-state index in [1.54, 1.807) is 25.3 Å². The second-order valence-electron chi connectivity index (χ2n) is 4.92. The summed E-state index contributed by atoms with van der Waals surface area (Å²) in [5.41, 5.74) is 0.888. The molecule has 0 aromatic heterocycles. The zero-order chi connectivity index (χ0) is 14.5. The second kappa shape index (κ2) is 6.57. The van der Waals surface area contributed by atoms with E-state index in [-0.39, 0.29) is 18.4 Å². The highest BCUT2D eigenvalue weighted by Gasteiger charge is 2.23. The van der Waals surface area contributed by atoms with Gasteiger partial charge < -0.3 is 10.2 Å². The van der Waals surface area contributed by atoms with Crippen molar-refractivity contribution < 1.29 is 9.59 Å². The number of hydrogen-bond acceptors (Lipinski definition) is 2. The van der Waals surface area contributed by atoms with Crippen molar-refractivity contribution in [1.82, 2.24) is 10.2 Å². The molecule has 0 saturated heterocycles. The smallest absolute Gasteiger partial charge is 0.246 e. The zero-order valence-corrected chi connectivity index (χ0v) is 12.1. The van der Waals surface area contributed by atoms with E-state index in [4.69, 9.17) is 11.6 Å². The van der Waals surface area contributed by atoms with E-state index >= 15 is 0 Å². The molecule has 1 aliphatic rings. The Morgan fingerprint density at radius 3 is 2.60 bits per heavy atom. The van der Waals surface area contributed by atoms with Crippen molar-refractivity contribution in [1.29, 1.82) is 0 Å². The molecule has 106 valence electrons. The summed E-state index contributed by atoms with van der Waals surface area (Å²) in [4.78, 5) is 24.8. The van der Waals surface area contributed by atoms with Gasteiger partial charge in [-0.3, -0.25) is 9.59 Å². The van der Waals surface area contributed by atoms with Crippen LogP contribution in [0, 0.1) is 0 Å². The van der Waals surface area contributed by atoms with Crippen LogP contribution in [0.3, 0.4) is 0 Å². The Bertz CT molecular complexity index is 521. The summed E-state index contributed by atoms with van der Waals surface area (Å²) in [5, 5.41) is 3.50. The fraction of sp³-hybridized carbons (Fsp3) is 0.333. The number of nitrogens with one attached hydrogen (secondary N) is 1. The molecule has 0 aliphatic heterocycles. The molecule has 20 heavy (non-hydrogen) atoms. The highest BCUT2D eigenvalue weighted by atomic mass is 35.5. The van der Waals surface area contributed by atoms with Gasteiger partial charge in [0, 0.05) is 24.2 Å². The first-order chi connectivity index (χ1) is 9.54. The first kappa shape index (κ1) is 14.6. The lowest BCUT2D eigenvalue weighted by molar-refractivity contribution is -0.131. The van der Waals surface area contributed by atoms with Gasteiger partial charge in [-0.25, -0.2) is 0 Å². The van der Waals surface area contributed by atoms with Crippen molar-refractivity contribution in [3.05, 3.63) is 40.9 Å². The maximum Gasteiger partial charge on any atom is 0.246 e. The van der Waals surface area contributed by atoms with Crippen LogP contribution in [0.2, 0.25) is 5.02 Å². The summed E-state index contributed by atoms with van der Waals surface area (Å²) in [6, 6.07) is 7.49. The quantitative estimate of drug-likeness (QED) is 0.845. The van der Waals surface area contributed by atoms with Crippen LogP contribution in [0.1, 0.15) is 18.4 Å². The van der Waals surface area contributed by atoms with Gasteiger partial charge in [-0.1, -0.05) is 23.7 Å². The zero-order valence-electron chi connectivity index (χ0n) is 11.3. The first-order valence-electron chi connectivity index (χ1n) is 6.53. The Morgan fingerprint density at radius 2 is 2.00 bits per heavy atom. The predicted molar refractivity (Wildman–Crippen MR) is 79.3 cm³/mol. The van der Waals surface area contributed by atoms with Crippen LogP contribution in [-0.2, 0) is 9.59 Å². The van der Waals surface area contributed by atoms with Crippen molar-refractivity contribution in [2.24, 2.45) is 0 Å². The number of likely N-dealkylation sites (N-methyl/N-ethyl adjacent to an activating group) is 1. The van der Waals surface area contributed by atoms with E-state index in [1.165, 1.54) is 11.0 Å². The molecular formula is C15H17ClN2O2. The van der Waals surface area contributed by atoms with Crippen LogP contribution in [0.4, 0.5) is 0 Å². The van der Waals surface area contributed by atoms with Gasteiger partial charge in [0.15, 0.2) is 0 Å². The lowest BCUT2D eigenvalue weighted by Gasteiger charge is -2.14. The molecule has 1 N–H and O–H groups in total. The maximum absolute atomic E-state index is 11.9. The van der Waals surface area contributed by atoms with Crippen LogP contribution in [0.5, 0.6) is 0 Å². The molecule has 1 aromatic carbocycles. The summed E-state index contributed by atoms with van der Waals surface area (Å²) in [5.74, 6) is -0.311. The van der Waals surface area contributed by atoms with E-state index in [0.717, 1.165) is 18.4 Å². The molecule has 2 rings (SSSR count). The van der Waals surface area contributed by atoms with Gasteiger partial charge in [0.25, 0.3) is 0 Å². The highest BCUT2D eigenvalue weighted by molar-refractivity contribution is 6.30. The number of benzene rings is 1. The molecule has 0 heterocycles. The topological polar surface area (TPSA) is 49.4 Å². The van der Waals surface area contributed by atoms with Gasteiger partial charge in [-0.05, 0) is 36.6 Å². The number of hydrogen-bond donors (Lipinski definition) is 1. The molecule has 1 aromatic rings. The van der Waals surface area contributed by atoms with E-state index in [9.17, 15) is 9.59 Å². The van der Waals surface area contributed by atoms with Crippen molar-refractivity contribution in [2.75, 3.05) is 13.6 Å². The Balaban J connectivity index is 1.83. The Morgan fingerprint density at radius 1 is 1.35 bits per heavy atom. The molecule has 1 fully saturated rings. The van der Waals surface area contributed by atoms with Crippen molar-refractivity contribution >= 4 is 29.5 Å². The normalized spacial score (nSPS) is 14.3. The number of carbonyl (C=O) groups is 2. The van der Waals surface area contributed by atoms with E-state index in [2.05, 4.69) is 5.32 Å². The van der Waals surface area contributed by atoms with Crippen molar-refractivity contribution in [3.63, 3.8) is 0 Å². The van der Waals surface area contributed by atoms with E-state index in [0.29, 0.717) is 11.1 Å². The molecule has 1 saturated carbocycles. The Hall–Kier alpha value is -1.81. The van der Waals surface area contributed by atoms with Crippen molar-refractivity contribution in [2.45, 2.75) is 18.9 Å². The first-order valence-corrected chi connectivity index (χ1v) is 6.90. The van der Waals surface area contributed by atoms with Crippen LogP contribution in [0.25, 0.3) is 6.08 Å². The molecule has 0 unspecified atom stereocenters. The van der Waals surface area contributed by atoms with E-state index in [1.807, 2.05) is 12.1 Å². The summed E-state index contributed by atoms with van der Waals surface area (Å²) in [7, 11) is 1.61. The van der Waals surface area contributed by atoms with Gasteiger partial charge in [0.1, 0.15) is 0 Å². The van der Waals surface area contributed by atoms with Gasteiger partial charge in [-0.15, -0.1) is 0 Å². The van der Waals surface area contributed by atoms with E-state index < -0.39 is 0 Å². The summed E-state index contributed by atoms with van der Waals surface area (Å²) < 4.78 is 0. The lowest BCUT2D eigenvalue weighted by atomic mass is 10.2. The van der Waals surface area contributed by atoms with Gasteiger partial charge in [0.05, 0.1) is 6.54 Å². The summed E-state index contributed by atoms with van der Waals surface area (Å²) in [6.07, 6.45) is 5.24. The lowest BCUT2D eigenvalue weighted by Crippen LogP contribution is -2.38. The fourth-order valence-electron chi connectivity index (χ4n) is 1.66. The molecule has 0 radical (unpaired) electrons. The predicted octanol–water partition coefficient (Wildman–Crippen LogP) is 2.09. The minimum atomic E-state index is -0.203. The molecule has 2 amide bonds. The minimum absolute atomic E-state index is 0.0836. The van der Waals surface area contributed by atoms with Crippen molar-refractivity contribution in [3.8, 4) is 0 Å². The third kappa shape index (κ3) is 4.70. The van der Waals surface area contributed by atoms with Gasteiger partial charge in [-0.2, -0.15) is 0 Å². The number of carbonyl (C=O) groups excluding carboxylic acids is 2. The molecule has 5 heteroatoms. The molecule has 0 bridgehead atoms. The second-order valence-corrected chi connectivity index (χ2v) is 5.36. The van der Waals surface area contributed by atoms with Crippen LogP contribution in [-0.4, -0.2) is 36.3 Å².